The molecule has 0 radical (unpaired) electrons. The molecule has 2 nitrogen and oxygen atoms in total. The number of hydrogen-bond donors (Lipinski definition) is 0. The Morgan fingerprint density at radius 2 is 1.71 bits per heavy atom. The molecule has 3 aromatic carbocycles. The van der Waals surface area contributed by atoms with Gasteiger partial charge >= 0.3 is 0 Å². The lowest BCUT2D eigenvalue weighted by Gasteiger charge is -2.29. The van der Waals surface area contributed by atoms with E-state index in [1.54, 1.807) is 18.0 Å². The molecule has 0 saturated heterocycles. The first-order valence-corrected chi connectivity index (χ1v) is 10.3. The molecule has 0 fully saturated rings. The first-order valence-electron chi connectivity index (χ1n) is 9.52. The summed E-state index contributed by atoms with van der Waals surface area (Å²) >= 11 is 1.74. The van der Waals surface area contributed by atoms with Crippen LogP contribution in [0.3, 0.4) is 0 Å². The summed E-state index contributed by atoms with van der Waals surface area (Å²) in [6.45, 7) is 4.44. The number of benzene rings is 3. The molecule has 0 aliphatic carbocycles. The Balaban J connectivity index is 1.53. The van der Waals surface area contributed by atoms with Gasteiger partial charge in [-0.2, -0.15) is 0 Å². The lowest BCUT2D eigenvalue weighted by Crippen LogP contribution is -2.28. The van der Waals surface area contributed by atoms with Crippen LogP contribution in [0.4, 0.5) is 0 Å². The normalized spacial score (nSPS) is 15.3. The average molecular weight is 384 g/mol. The zero-order chi connectivity index (χ0) is 19.1. The van der Waals surface area contributed by atoms with Crippen LogP contribution in [0.15, 0.2) is 93.4 Å². The van der Waals surface area contributed by atoms with Gasteiger partial charge < -0.3 is 4.42 Å². The highest BCUT2D eigenvalue weighted by Crippen LogP contribution is 2.37. The number of rotatable bonds is 2. The molecule has 5 rings (SSSR count). The molecule has 2 heterocycles. The van der Waals surface area contributed by atoms with Gasteiger partial charge in [-0.15, -0.1) is 0 Å². The Morgan fingerprint density at radius 3 is 2.50 bits per heavy atom. The predicted octanol–water partition coefficient (Wildman–Crippen LogP) is 6.97. The van der Waals surface area contributed by atoms with Crippen molar-refractivity contribution >= 4 is 27.6 Å². The molecule has 1 aliphatic heterocycles. The molecule has 0 spiro atoms. The fourth-order valence-corrected chi connectivity index (χ4v) is 4.94. The molecule has 1 aromatic heterocycles. The fraction of sp³-hybridized carbons (Fsp3) is 0.160. The second-order valence-electron chi connectivity index (χ2n) is 7.82. The van der Waals surface area contributed by atoms with Gasteiger partial charge in [-0.05, 0) is 60.9 Å². The van der Waals surface area contributed by atoms with E-state index in [4.69, 9.17) is 9.41 Å². The van der Waals surface area contributed by atoms with E-state index in [0.29, 0.717) is 0 Å². The van der Waals surface area contributed by atoms with Crippen LogP contribution in [0, 0.1) is 0 Å². The van der Waals surface area contributed by atoms with Crippen molar-refractivity contribution in [3.05, 3.63) is 90.2 Å². The van der Waals surface area contributed by atoms with E-state index in [2.05, 4.69) is 74.5 Å². The Labute approximate surface area is 169 Å². The van der Waals surface area contributed by atoms with Crippen LogP contribution in [0.25, 0.3) is 22.1 Å². The molecule has 0 bridgehead atoms. The Hall–Kier alpha value is -2.78. The standard InChI is InChI=1S/C25H21NOS/c1-25(2)16-22-20-7-4-3-6-17(20)11-14-21(22)24(26-25)28-19-12-9-18(10-13-19)23-8-5-15-27-23/h3-15H,16H2,1-2H3. The SMILES string of the molecule is CC1(C)Cc2c(ccc3ccccc23)C(Sc2ccc(-c3ccco3)cc2)=N1. The van der Waals surface area contributed by atoms with Crippen molar-refractivity contribution in [3.63, 3.8) is 0 Å². The number of hydrogen-bond acceptors (Lipinski definition) is 3. The van der Waals surface area contributed by atoms with Gasteiger partial charge in [0, 0.05) is 16.0 Å². The van der Waals surface area contributed by atoms with Crippen molar-refractivity contribution in [1.82, 2.24) is 0 Å². The quantitative estimate of drug-likeness (QED) is 0.373. The third kappa shape index (κ3) is 3.16. The van der Waals surface area contributed by atoms with Gasteiger partial charge in [-0.1, -0.05) is 60.3 Å². The molecule has 0 unspecified atom stereocenters. The molecule has 28 heavy (non-hydrogen) atoms. The Morgan fingerprint density at radius 1 is 0.893 bits per heavy atom. The number of thioether (sulfide) groups is 1. The second-order valence-corrected chi connectivity index (χ2v) is 8.88. The van der Waals surface area contributed by atoms with E-state index in [1.807, 2.05) is 12.1 Å². The number of aliphatic imine (C=N–C) groups is 1. The second kappa shape index (κ2) is 6.68. The third-order valence-electron chi connectivity index (χ3n) is 5.16. The van der Waals surface area contributed by atoms with Crippen molar-refractivity contribution in [2.24, 2.45) is 4.99 Å². The van der Waals surface area contributed by atoms with E-state index in [9.17, 15) is 0 Å². The van der Waals surface area contributed by atoms with Gasteiger partial charge in [0.1, 0.15) is 10.8 Å². The van der Waals surface area contributed by atoms with Crippen molar-refractivity contribution in [2.45, 2.75) is 30.7 Å². The largest absolute Gasteiger partial charge is 0.464 e. The molecular weight excluding hydrogens is 362 g/mol. The smallest absolute Gasteiger partial charge is 0.133 e. The third-order valence-corrected chi connectivity index (χ3v) is 6.17. The van der Waals surface area contributed by atoms with Crippen LogP contribution in [-0.2, 0) is 6.42 Å². The molecule has 1 aliphatic rings. The molecule has 0 atom stereocenters. The van der Waals surface area contributed by atoms with E-state index in [1.165, 1.54) is 26.8 Å². The van der Waals surface area contributed by atoms with Crippen LogP contribution < -0.4 is 0 Å². The summed E-state index contributed by atoms with van der Waals surface area (Å²) in [4.78, 5) is 6.28. The van der Waals surface area contributed by atoms with Gasteiger partial charge in [0.05, 0.1) is 11.8 Å². The van der Waals surface area contributed by atoms with E-state index in [0.717, 1.165) is 22.8 Å². The minimum atomic E-state index is -0.104. The highest BCUT2D eigenvalue weighted by molar-refractivity contribution is 8.14. The minimum Gasteiger partial charge on any atom is -0.464 e. The monoisotopic (exact) mass is 383 g/mol. The Kier molecular flexibility index (Phi) is 4.13. The summed E-state index contributed by atoms with van der Waals surface area (Å²) < 4.78 is 5.49. The lowest BCUT2D eigenvalue weighted by atomic mass is 9.86. The van der Waals surface area contributed by atoms with E-state index < -0.39 is 0 Å². The van der Waals surface area contributed by atoms with Gasteiger partial charge in [0.25, 0.3) is 0 Å². The van der Waals surface area contributed by atoms with Gasteiger partial charge in [0.15, 0.2) is 0 Å². The maximum atomic E-state index is 5.49. The molecule has 3 heteroatoms. The summed E-state index contributed by atoms with van der Waals surface area (Å²) in [7, 11) is 0. The maximum Gasteiger partial charge on any atom is 0.133 e. The highest BCUT2D eigenvalue weighted by Gasteiger charge is 2.28. The molecule has 138 valence electrons. The molecule has 0 N–H and O–H groups in total. The van der Waals surface area contributed by atoms with Crippen LogP contribution >= 0.6 is 11.8 Å². The first-order chi connectivity index (χ1) is 13.6. The van der Waals surface area contributed by atoms with Gasteiger partial charge in [-0.25, -0.2) is 0 Å². The highest BCUT2D eigenvalue weighted by atomic mass is 32.2. The van der Waals surface area contributed by atoms with Gasteiger partial charge in [0.2, 0.25) is 0 Å². The summed E-state index contributed by atoms with van der Waals surface area (Å²) in [6.07, 6.45) is 2.67. The summed E-state index contributed by atoms with van der Waals surface area (Å²) in [6, 6.07) is 25.5. The number of fused-ring (bicyclic) bond motifs is 3. The van der Waals surface area contributed by atoms with Crippen LogP contribution in [0.1, 0.15) is 25.0 Å². The summed E-state index contributed by atoms with van der Waals surface area (Å²) in [5, 5.41) is 3.74. The summed E-state index contributed by atoms with van der Waals surface area (Å²) in [5.41, 5.74) is 3.66. The fourth-order valence-electron chi connectivity index (χ4n) is 3.85. The Bertz CT molecular complexity index is 1170. The van der Waals surface area contributed by atoms with Crippen molar-refractivity contribution in [2.75, 3.05) is 0 Å². The van der Waals surface area contributed by atoms with Crippen LogP contribution in [0.2, 0.25) is 0 Å². The summed E-state index contributed by atoms with van der Waals surface area (Å²) in [5.74, 6) is 0.893. The molecule has 0 amide bonds. The van der Waals surface area contributed by atoms with Crippen molar-refractivity contribution in [1.29, 1.82) is 0 Å². The molecule has 0 saturated carbocycles. The van der Waals surface area contributed by atoms with Crippen molar-refractivity contribution in [3.8, 4) is 11.3 Å². The number of furan rings is 1. The molecular formula is C25H21NOS. The van der Waals surface area contributed by atoms with E-state index in [-0.39, 0.29) is 5.54 Å². The molecule has 4 aromatic rings. The maximum absolute atomic E-state index is 5.49. The average Bonchev–Trinajstić information content (AvgIpc) is 3.22. The van der Waals surface area contributed by atoms with E-state index >= 15 is 0 Å². The van der Waals surface area contributed by atoms with Crippen molar-refractivity contribution < 1.29 is 4.42 Å². The number of nitrogens with zero attached hydrogens (tertiary/aromatic N) is 1. The predicted molar refractivity (Wildman–Crippen MR) is 118 cm³/mol. The zero-order valence-electron chi connectivity index (χ0n) is 16.0. The lowest BCUT2D eigenvalue weighted by molar-refractivity contribution is 0.517. The topological polar surface area (TPSA) is 25.5 Å². The van der Waals surface area contributed by atoms with Crippen LogP contribution in [-0.4, -0.2) is 10.6 Å². The van der Waals surface area contributed by atoms with Crippen LogP contribution in [0.5, 0.6) is 0 Å². The minimum absolute atomic E-state index is 0.104. The zero-order valence-corrected chi connectivity index (χ0v) is 16.8. The van der Waals surface area contributed by atoms with Gasteiger partial charge in [-0.3, -0.25) is 4.99 Å². The first kappa shape index (κ1) is 17.3.